The fourth-order valence-electron chi connectivity index (χ4n) is 2.69. The molecule has 0 heterocycles. The Hall–Kier alpha value is -0.160. The Morgan fingerprint density at radius 2 is 1.48 bits per heavy atom. The summed E-state index contributed by atoms with van der Waals surface area (Å²) in [6, 6.07) is 0. The van der Waals surface area contributed by atoms with Crippen LogP contribution in [0.15, 0.2) is 0 Å². The lowest BCUT2D eigenvalue weighted by Crippen LogP contribution is -2.32. The summed E-state index contributed by atoms with van der Waals surface area (Å²) in [6.45, 7) is 13.6. The van der Waals surface area contributed by atoms with E-state index >= 15 is 0 Å². The minimum absolute atomic E-state index is 0.800. The Kier molecular flexibility index (Phi) is 16.1. The highest BCUT2D eigenvalue weighted by molar-refractivity contribution is 4.63. The molecule has 0 bridgehead atoms. The van der Waals surface area contributed by atoms with E-state index in [2.05, 4.69) is 11.8 Å². The molecule has 0 aromatic heterocycles. The monoisotopic (exact) mass is 302 g/mol. The third kappa shape index (κ3) is 13.2. The maximum absolute atomic E-state index is 5.71. The van der Waals surface area contributed by atoms with Crippen molar-refractivity contribution >= 4 is 0 Å². The number of hydrogen-bond donors (Lipinski definition) is 1. The number of nitrogens with two attached hydrogens (primary N) is 1. The largest absolute Gasteiger partial charge is 0.380 e. The summed E-state index contributed by atoms with van der Waals surface area (Å²) < 4.78 is 11.0. The molecular formula is C17H38N2O2. The zero-order valence-electron chi connectivity index (χ0n) is 14.6. The van der Waals surface area contributed by atoms with Gasteiger partial charge in [0, 0.05) is 26.3 Å². The Morgan fingerprint density at radius 3 is 1.95 bits per heavy atom. The first-order valence-corrected chi connectivity index (χ1v) is 8.86. The number of ether oxygens (including phenoxy) is 2. The predicted octanol–water partition coefficient (Wildman–Crippen LogP) is 2.91. The predicted molar refractivity (Wildman–Crippen MR) is 90.7 cm³/mol. The average molecular weight is 303 g/mol. The highest BCUT2D eigenvalue weighted by Gasteiger charge is 2.09. The fourth-order valence-corrected chi connectivity index (χ4v) is 2.69. The van der Waals surface area contributed by atoms with Crippen molar-refractivity contribution in [3.8, 4) is 0 Å². The maximum Gasteiger partial charge on any atom is 0.0593 e. The lowest BCUT2D eigenvalue weighted by molar-refractivity contribution is 0.0814. The Balaban J connectivity index is 3.94. The van der Waals surface area contributed by atoms with Gasteiger partial charge in [-0.1, -0.05) is 19.8 Å². The molecule has 4 heteroatoms. The first-order valence-electron chi connectivity index (χ1n) is 8.86. The summed E-state index contributed by atoms with van der Waals surface area (Å²) in [5.74, 6) is 0.806. The number of rotatable bonds is 16. The lowest BCUT2D eigenvalue weighted by Gasteiger charge is -2.23. The van der Waals surface area contributed by atoms with Crippen LogP contribution >= 0.6 is 0 Å². The Morgan fingerprint density at radius 1 is 0.857 bits per heavy atom. The van der Waals surface area contributed by atoms with Gasteiger partial charge in [-0.25, -0.2) is 0 Å². The summed E-state index contributed by atoms with van der Waals surface area (Å²) in [7, 11) is 0. The normalized spacial score (nSPS) is 13.0. The van der Waals surface area contributed by atoms with Crippen molar-refractivity contribution in [3.63, 3.8) is 0 Å². The van der Waals surface area contributed by atoms with E-state index in [1.165, 1.54) is 32.1 Å². The quantitative estimate of drug-likeness (QED) is 0.445. The molecule has 0 aliphatic rings. The molecular weight excluding hydrogens is 264 g/mol. The van der Waals surface area contributed by atoms with Gasteiger partial charge in [-0.2, -0.15) is 0 Å². The second kappa shape index (κ2) is 16.2. The van der Waals surface area contributed by atoms with Crippen LogP contribution in [0, 0.1) is 5.92 Å². The van der Waals surface area contributed by atoms with E-state index in [0.717, 1.165) is 58.5 Å². The van der Waals surface area contributed by atoms with Crippen molar-refractivity contribution < 1.29 is 9.47 Å². The van der Waals surface area contributed by atoms with Gasteiger partial charge in [-0.15, -0.1) is 0 Å². The highest BCUT2D eigenvalue weighted by Crippen LogP contribution is 2.17. The van der Waals surface area contributed by atoms with Gasteiger partial charge in [0.05, 0.1) is 13.2 Å². The molecule has 2 N–H and O–H groups in total. The first-order chi connectivity index (χ1) is 10.3. The van der Waals surface area contributed by atoms with Gasteiger partial charge < -0.3 is 15.2 Å². The van der Waals surface area contributed by atoms with Crippen LogP contribution in [0.5, 0.6) is 0 Å². The van der Waals surface area contributed by atoms with E-state index in [4.69, 9.17) is 15.2 Å². The minimum Gasteiger partial charge on any atom is -0.380 e. The van der Waals surface area contributed by atoms with Crippen LogP contribution in [0.3, 0.4) is 0 Å². The van der Waals surface area contributed by atoms with Crippen molar-refractivity contribution in [2.75, 3.05) is 52.6 Å². The molecule has 0 rings (SSSR count). The molecule has 0 radical (unpaired) electrons. The maximum atomic E-state index is 5.71. The molecule has 0 saturated carbocycles. The molecule has 0 aliphatic carbocycles. The van der Waals surface area contributed by atoms with Crippen molar-refractivity contribution in [2.24, 2.45) is 11.7 Å². The van der Waals surface area contributed by atoms with Crippen LogP contribution < -0.4 is 5.73 Å². The standard InChI is InChI=1S/C17H38N2O2/c1-4-8-17(10-11-18)9-7-12-19(13-15-20-5-2)14-16-21-6-3/h17H,4-16,18H2,1-3H3. The van der Waals surface area contributed by atoms with Crippen LogP contribution in [0.1, 0.15) is 52.9 Å². The Bertz CT molecular complexity index is 187. The van der Waals surface area contributed by atoms with E-state index in [-0.39, 0.29) is 0 Å². The second-order valence-corrected chi connectivity index (χ2v) is 5.61. The third-order valence-electron chi connectivity index (χ3n) is 3.87. The SMILES string of the molecule is CCCC(CCN)CCCN(CCOCC)CCOCC. The highest BCUT2D eigenvalue weighted by atomic mass is 16.5. The zero-order valence-corrected chi connectivity index (χ0v) is 14.6. The van der Waals surface area contributed by atoms with Gasteiger partial charge in [0.1, 0.15) is 0 Å². The van der Waals surface area contributed by atoms with Crippen molar-refractivity contribution in [1.29, 1.82) is 0 Å². The van der Waals surface area contributed by atoms with Gasteiger partial charge in [0.25, 0.3) is 0 Å². The molecule has 1 atom stereocenters. The van der Waals surface area contributed by atoms with Crippen molar-refractivity contribution in [1.82, 2.24) is 4.90 Å². The van der Waals surface area contributed by atoms with E-state index in [1.807, 2.05) is 13.8 Å². The fraction of sp³-hybridized carbons (Fsp3) is 1.00. The summed E-state index contributed by atoms with van der Waals surface area (Å²) in [5, 5.41) is 0. The molecule has 0 aromatic carbocycles. The van der Waals surface area contributed by atoms with E-state index in [9.17, 15) is 0 Å². The van der Waals surface area contributed by atoms with Gasteiger partial charge >= 0.3 is 0 Å². The summed E-state index contributed by atoms with van der Waals surface area (Å²) >= 11 is 0. The minimum atomic E-state index is 0.800. The summed E-state index contributed by atoms with van der Waals surface area (Å²) in [5.41, 5.74) is 5.71. The van der Waals surface area contributed by atoms with E-state index < -0.39 is 0 Å². The van der Waals surface area contributed by atoms with Gasteiger partial charge in [-0.05, 0) is 52.1 Å². The molecule has 0 aromatic rings. The lowest BCUT2D eigenvalue weighted by atomic mass is 9.94. The first kappa shape index (κ1) is 20.8. The molecule has 0 fully saturated rings. The van der Waals surface area contributed by atoms with Gasteiger partial charge in [0.2, 0.25) is 0 Å². The topological polar surface area (TPSA) is 47.7 Å². The Labute approximate surface area is 132 Å². The van der Waals surface area contributed by atoms with Crippen LogP contribution in [0.25, 0.3) is 0 Å². The molecule has 0 amide bonds. The number of nitrogens with zero attached hydrogens (tertiary/aromatic N) is 1. The molecule has 0 spiro atoms. The molecule has 0 aliphatic heterocycles. The van der Waals surface area contributed by atoms with Gasteiger partial charge in [0.15, 0.2) is 0 Å². The smallest absolute Gasteiger partial charge is 0.0593 e. The molecule has 0 saturated heterocycles. The second-order valence-electron chi connectivity index (χ2n) is 5.61. The molecule has 4 nitrogen and oxygen atoms in total. The summed E-state index contributed by atoms with van der Waals surface area (Å²) in [4.78, 5) is 2.47. The van der Waals surface area contributed by atoms with Crippen molar-refractivity contribution in [2.45, 2.75) is 52.9 Å². The van der Waals surface area contributed by atoms with E-state index in [0.29, 0.717) is 0 Å². The average Bonchev–Trinajstić information content (AvgIpc) is 2.47. The van der Waals surface area contributed by atoms with E-state index in [1.54, 1.807) is 0 Å². The third-order valence-corrected chi connectivity index (χ3v) is 3.87. The van der Waals surface area contributed by atoms with Crippen molar-refractivity contribution in [3.05, 3.63) is 0 Å². The summed E-state index contributed by atoms with van der Waals surface area (Å²) in [6.07, 6.45) is 6.30. The molecule has 21 heavy (non-hydrogen) atoms. The van der Waals surface area contributed by atoms with Crippen LogP contribution in [-0.2, 0) is 9.47 Å². The molecule has 1 unspecified atom stereocenters. The van der Waals surface area contributed by atoms with Crippen LogP contribution in [-0.4, -0.2) is 57.5 Å². The van der Waals surface area contributed by atoms with Gasteiger partial charge in [-0.3, -0.25) is 4.90 Å². The number of hydrogen-bond acceptors (Lipinski definition) is 4. The van der Waals surface area contributed by atoms with Crippen LogP contribution in [0.2, 0.25) is 0 Å². The molecule has 128 valence electrons. The van der Waals surface area contributed by atoms with Crippen LogP contribution in [0.4, 0.5) is 0 Å². The zero-order chi connectivity index (χ0) is 15.8.